The fourth-order valence-corrected chi connectivity index (χ4v) is 1.82. The Bertz CT molecular complexity index is 521. The van der Waals surface area contributed by atoms with E-state index in [1.54, 1.807) is 37.9 Å². The number of aromatic nitrogens is 3. The van der Waals surface area contributed by atoms with E-state index in [4.69, 9.17) is 0 Å². The summed E-state index contributed by atoms with van der Waals surface area (Å²) < 4.78 is 2.03. The number of pyridine rings is 1. The maximum atomic E-state index is 11.8. The van der Waals surface area contributed by atoms with Gasteiger partial charge in [-0.1, -0.05) is 0 Å². The number of aryl methyl sites for hydroxylation is 1. The van der Waals surface area contributed by atoms with Crippen molar-refractivity contribution in [2.45, 2.75) is 19.4 Å². The number of hydrogen-bond acceptors (Lipinski definition) is 4. The Hall–Kier alpha value is -2.37. The van der Waals surface area contributed by atoms with Crippen molar-refractivity contribution >= 4 is 11.7 Å². The molecule has 0 aliphatic rings. The molecule has 20 heavy (non-hydrogen) atoms. The monoisotopic (exact) mass is 273 g/mol. The summed E-state index contributed by atoms with van der Waals surface area (Å²) in [6.07, 6.45) is 9.02. The van der Waals surface area contributed by atoms with Crippen molar-refractivity contribution in [3.63, 3.8) is 0 Å². The molecule has 0 saturated carbocycles. The van der Waals surface area contributed by atoms with Crippen molar-refractivity contribution in [1.82, 2.24) is 19.9 Å². The zero-order chi connectivity index (χ0) is 14.2. The molecule has 2 N–H and O–H groups in total. The molecule has 106 valence electrons. The number of hydrogen-bond donors (Lipinski definition) is 2. The van der Waals surface area contributed by atoms with Crippen LogP contribution < -0.4 is 10.6 Å². The van der Waals surface area contributed by atoms with Crippen LogP contribution in [0.1, 0.15) is 23.2 Å². The summed E-state index contributed by atoms with van der Waals surface area (Å²) in [4.78, 5) is 19.9. The van der Waals surface area contributed by atoms with Crippen LogP contribution in [0.15, 0.2) is 37.1 Å². The number of nitrogens with zero attached hydrogens (tertiary/aromatic N) is 3. The zero-order valence-electron chi connectivity index (χ0n) is 11.5. The SMILES string of the molecule is CNc1ccc(C(=O)NCCCCn2ccnc2)cn1. The number of unbranched alkanes of at least 4 members (excludes halogenated alkanes) is 1. The number of imidazole rings is 1. The van der Waals surface area contributed by atoms with Crippen molar-refractivity contribution in [3.8, 4) is 0 Å². The second kappa shape index (κ2) is 7.28. The Balaban J connectivity index is 1.66. The van der Waals surface area contributed by atoms with Gasteiger partial charge in [-0.2, -0.15) is 0 Å². The highest BCUT2D eigenvalue weighted by molar-refractivity contribution is 5.93. The third kappa shape index (κ3) is 4.08. The van der Waals surface area contributed by atoms with Crippen molar-refractivity contribution in [2.75, 3.05) is 18.9 Å². The molecule has 2 aromatic heterocycles. The Kier molecular flexibility index (Phi) is 5.11. The van der Waals surface area contributed by atoms with Crippen LogP contribution in [0, 0.1) is 0 Å². The van der Waals surface area contributed by atoms with Gasteiger partial charge in [0.15, 0.2) is 0 Å². The lowest BCUT2D eigenvalue weighted by Crippen LogP contribution is -2.24. The molecule has 0 aliphatic heterocycles. The molecule has 2 rings (SSSR count). The van der Waals surface area contributed by atoms with E-state index >= 15 is 0 Å². The molecule has 0 unspecified atom stereocenters. The Labute approximate surface area is 118 Å². The highest BCUT2D eigenvalue weighted by Crippen LogP contribution is 2.04. The van der Waals surface area contributed by atoms with Crippen molar-refractivity contribution in [3.05, 3.63) is 42.6 Å². The maximum absolute atomic E-state index is 11.8. The van der Waals surface area contributed by atoms with Gasteiger partial charge in [-0.25, -0.2) is 9.97 Å². The quantitative estimate of drug-likeness (QED) is 0.750. The minimum atomic E-state index is -0.0808. The third-order valence-electron chi connectivity index (χ3n) is 2.97. The summed E-state index contributed by atoms with van der Waals surface area (Å²) in [5.74, 6) is 0.671. The normalized spacial score (nSPS) is 10.2. The molecule has 2 heterocycles. The molecule has 0 fully saturated rings. The number of carbonyl (C=O) groups excluding carboxylic acids is 1. The smallest absolute Gasteiger partial charge is 0.252 e. The fraction of sp³-hybridized carbons (Fsp3) is 0.357. The number of amides is 1. The maximum Gasteiger partial charge on any atom is 0.252 e. The second-order valence-corrected chi connectivity index (χ2v) is 4.45. The first-order valence-corrected chi connectivity index (χ1v) is 6.67. The van der Waals surface area contributed by atoms with Gasteiger partial charge in [0.05, 0.1) is 11.9 Å². The first kappa shape index (κ1) is 14.0. The van der Waals surface area contributed by atoms with E-state index in [2.05, 4.69) is 20.6 Å². The number of anilines is 1. The van der Waals surface area contributed by atoms with Crippen LogP contribution in [0.3, 0.4) is 0 Å². The second-order valence-electron chi connectivity index (χ2n) is 4.45. The summed E-state index contributed by atoms with van der Waals surface area (Å²) in [6, 6.07) is 3.55. The van der Waals surface area contributed by atoms with Gasteiger partial charge in [0.1, 0.15) is 5.82 Å². The van der Waals surface area contributed by atoms with Gasteiger partial charge >= 0.3 is 0 Å². The van der Waals surface area contributed by atoms with Gasteiger partial charge in [0, 0.05) is 38.7 Å². The molecule has 0 radical (unpaired) electrons. The van der Waals surface area contributed by atoms with Crippen LogP contribution in [0.2, 0.25) is 0 Å². The largest absolute Gasteiger partial charge is 0.373 e. The van der Waals surface area contributed by atoms with E-state index in [-0.39, 0.29) is 5.91 Å². The van der Waals surface area contributed by atoms with E-state index in [0.717, 1.165) is 25.2 Å². The highest BCUT2D eigenvalue weighted by atomic mass is 16.1. The lowest BCUT2D eigenvalue weighted by molar-refractivity contribution is 0.0952. The van der Waals surface area contributed by atoms with Crippen molar-refractivity contribution < 1.29 is 4.79 Å². The Morgan fingerprint density at radius 1 is 1.35 bits per heavy atom. The molecule has 1 amide bonds. The van der Waals surface area contributed by atoms with Crippen molar-refractivity contribution in [2.24, 2.45) is 0 Å². The van der Waals surface area contributed by atoms with Crippen LogP contribution >= 0.6 is 0 Å². The molecule has 2 aromatic rings. The molecular weight excluding hydrogens is 254 g/mol. The minimum Gasteiger partial charge on any atom is -0.373 e. The van der Waals surface area contributed by atoms with E-state index in [1.807, 2.05) is 10.8 Å². The van der Waals surface area contributed by atoms with E-state index in [9.17, 15) is 4.79 Å². The van der Waals surface area contributed by atoms with Crippen LogP contribution in [-0.2, 0) is 6.54 Å². The minimum absolute atomic E-state index is 0.0808. The number of nitrogens with one attached hydrogen (secondary N) is 2. The molecule has 0 aromatic carbocycles. The Morgan fingerprint density at radius 2 is 2.25 bits per heavy atom. The molecular formula is C14H19N5O. The third-order valence-corrected chi connectivity index (χ3v) is 2.97. The first-order valence-electron chi connectivity index (χ1n) is 6.67. The van der Waals surface area contributed by atoms with Crippen molar-refractivity contribution in [1.29, 1.82) is 0 Å². The first-order chi connectivity index (χ1) is 9.79. The average Bonchev–Trinajstić information content (AvgIpc) is 3.00. The molecule has 0 bridgehead atoms. The van der Waals surface area contributed by atoms with Gasteiger partial charge in [-0.15, -0.1) is 0 Å². The molecule has 0 aliphatic carbocycles. The van der Waals surface area contributed by atoms with Crippen LogP contribution in [-0.4, -0.2) is 34.0 Å². The summed E-state index contributed by atoms with van der Waals surface area (Å²) in [6.45, 7) is 1.59. The predicted molar refractivity (Wildman–Crippen MR) is 77.6 cm³/mol. The molecule has 6 nitrogen and oxygen atoms in total. The summed E-state index contributed by atoms with van der Waals surface area (Å²) in [5.41, 5.74) is 0.582. The average molecular weight is 273 g/mol. The molecule has 0 saturated heterocycles. The lowest BCUT2D eigenvalue weighted by atomic mass is 10.2. The van der Waals surface area contributed by atoms with Crippen LogP contribution in [0.5, 0.6) is 0 Å². The number of carbonyl (C=O) groups is 1. The molecule has 6 heteroatoms. The van der Waals surface area contributed by atoms with E-state index in [0.29, 0.717) is 12.1 Å². The van der Waals surface area contributed by atoms with E-state index < -0.39 is 0 Å². The molecule has 0 atom stereocenters. The van der Waals surface area contributed by atoms with Gasteiger partial charge in [0.25, 0.3) is 5.91 Å². The standard InChI is InChI=1S/C14H19N5O/c1-15-13-5-4-12(10-18-13)14(20)17-6-2-3-8-19-9-7-16-11-19/h4-5,7,9-11H,2-3,6,8H2,1H3,(H,15,18)(H,17,20). The van der Waals surface area contributed by atoms with Gasteiger partial charge < -0.3 is 15.2 Å². The summed E-state index contributed by atoms with van der Waals surface area (Å²) >= 11 is 0. The summed E-state index contributed by atoms with van der Waals surface area (Å²) in [7, 11) is 1.79. The van der Waals surface area contributed by atoms with E-state index in [1.165, 1.54) is 0 Å². The number of rotatable bonds is 7. The predicted octanol–water partition coefficient (Wildman–Crippen LogP) is 1.53. The van der Waals surface area contributed by atoms with Gasteiger partial charge in [-0.05, 0) is 25.0 Å². The van der Waals surface area contributed by atoms with Crippen LogP contribution in [0.4, 0.5) is 5.82 Å². The Morgan fingerprint density at radius 3 is 2.90 bits per heavy atom. The van der Waals surface area contributed by atoms with Gasteiger partial charge in [0.2, 0.25) is 0 Å². The fourth-order valence-electron chi connectivity index (χ4n) is 1.82. The topological polar surface area (TPSA) is 71.8 Å². The summed E-state index contributed by atoms with van der Waals surface area (Å²) in [5, 5.41) is 5.81. The van der Waals surface area contributed by atoms with Crippen LogP contribution in [0.25, 0.3) is 0 Å². The molecule has 0 spiro atoms. The van der Waals surface area contributed by atoms with Gasteiger partial charge in [-0.3, -0.25) is 4.79 Å². The lowest BCUT2D eigenvalue weighted by Gasteiger charge is -2.06. The highest BCUT2D eigenvalue weighted by Gasteiger charge is 2.04. The zero-order valence-corrected chi connectivity index (χ0v) is 11.5.